The molecule has 1 amide bonds. The minimum atomic E-state index is -0.150. The SMILES string of the molecule is O=C1c2c(O)cccc2CN1Cc1ccc(Cl)nc1. The molecule has 0 spiro atoms. The lowest BCUT2D eigenvalue weighted by atomic mass is 10.1. The molecule has 0 fully saturated rings. The molecule has 0 aliphatic carbocycles. The maximum atomic E-state index is 12.2. The summed E-state index contributed by atoms with van der Waals surface area (Å²) in [5.74, 6) is -0.109. The molecule has 0 saturated carbocycles. The molecule has 1 aromatic heterocycles. The number of carbonyl (C=O) groups is 1. The van der Waals surface area contributed by atoms with Crippen LogP contribution in [0.5, 0.6) is 5.75 Å². The number of fused-ring (bicyclic) bond motifs is 1. The van der Waals surface area contributed by atoms with Gasteiger partial charge in [-0.05, 0) is 23.3 Å². The van der Waals surface area contributed by atoms with E-state index in [4.69, 9.17) is 11.6 Å². The fourth-order valence-corrected chi connectivity index (χ4v) is 2.36. The normalized spacial score (nSPS) is 13.7. The third-order valence-electron chi connectivity index (χ3n) is 3.15. The smallest absolute Gasteiger partial charge is 0.258 e. The van der Waals surface area contributed by atoms with E-state index in [2.05, 4.69) is 4.98 Å². The number of hydrogen-bond donors (Lipinski definition) is 1. The zero-order chi connectivity index (χ0) is 13.4. The van der Waals surface area contributed by atoms with Gasteiger partial charge in [-0.15, -0.1) is 0 Å². The van der Waals surface area contributed by atoms with Gasteiger partial charge in [-0.1, -0.05) is 29.8 Å². The minimum absolute atomic E-state index is 0.0410. The van der Waals surface area contributed by atoms with Crippen LogP contribution in [0.2, 0.25) is 5.15 Å². The summed E-state index contributed by atoms with van der Waals surface area (Å²) >= 11 is 5.73. The molecular formula is C14H11ClN2O2. The Bertz CT molecular complexity index is 640. The number of phenolic OH excluding ortho intramolecular Hbond substituents is 1. The minimum Gasteiger partial charge on any atom is -0.507 e. The molecule has 5 heteroatoms. The van der Waals surface area contributed by atoms with Crippen molar-refractivity contribution in [2.24, 2.45) is 0 Å². The van der Waals surface area contributed by atoms with Crippen LogP contribution in [0.3, 0.4) is 0 Å². The van der Waals surface area contributed by atoms with Crippen molar-refractivity contribution in [3.63, 3.8) is 0 Å². The van der Waals surface area contributed by atoms with Crippen LogP contribution in [0.15, 0.2) is 36.5 Å². The molecule has 0 bridgehead atoms. The highest BCUT2D eigenvalue weighted by atomic mass is 35.5. The van der Waals surface area contributed by atoms with Crippen LogP contribution in [0.4, 0.5) is 0 Å². The van der Waals surface area contributed by atoms with Crippen LogP contribution in [-0.4, -0.2) is 20.9 Å². The van der Waals surface area contributed by atoms with Gasteiger partial charge in [-0.2, -0.15) is 0 Å². The van der Waals surface area contributed by atoms with Gasteiger partial charge in [0.15, 0.2) is 0 Å². The standard InChI is InChI=1S/C14H11ClN2O2/c15-12-5-4-9(6-16-12)7-17-8-10-2-1-3-11(18)13(10)14(17)19/h1-6,18H,7-8H2. The number of benzene rings is 1. The zero-order valence-electron chi connectivity index (χ0n) is 10.0. The molecule has 1 N–H and O–H groups in total. The number of phenols is 1. The molecule has 96 valence electrons. The molecule has 19 heavy (non-hydrogen) atoms. The van der Waals surface area contributed by atoms with Crippen LogP contribution in [-0.2, 0) is 13.1 Å². The predicted molar refractivity (Wildman–Crippen MR) is 70.9 cm³/mol. The van der Waals surface area contributed by atoms with Crippen LogP contribution in [0, 0.1) is 0 Å². The highest BCUT2D eigenvalue weighted by Gasteiger charge is 2.29. The third kappa shape index (κ3) is 2.15. The molecule has 0 saturated heterocycles. The molecular weight excluding hydrogens is 264 g/mol. The van der Waals surface area contributed by atoms with E-state index >= 15 is 0 Å². The number of nitrogens with zero attached hydrogens (tertiary/aromatic N) is 2. The largest absolute Gasteiger partial charge is 0.507 e. The van der Waals surface area contributed by atoms with E-state index < -0.39 is 0 Å². The Morgan fingerprint density at radius 2 is 2.16 bits per heavy atom. The van der Waals surface area contributed by atoms with Crippen molar-refractivity contribution in [3.05, 3.63) is 58.4 Å². The number of pyridine rings is 1. The van der Waals surface area contributed by atoms with E-state index in [0.29, 0.717) is 23.8 Å². The van der Waals surface area contributed by atoms with Gasteiger partial charge in [0.1, 0.15) is 10.9 Å². The average Bonchev–Trinajstić information content (AvgIpc) is 2.71. The van der Waals surface area contributed by atoms with Crippen molar-refractivity contribution < 1.29 is 9.90 Å². The number of hydrogen-bond acceptors (Lipinski definition) is 3. The van der Waals surface area contributed by atoms with Crippen molar-refractivity contribution in [1.82, 2.24) is 9.88 Å². The summed E-state index contributed by atoms with van der Waals surface area (Å²) < 4.78 is 0. The van der Waals surface area contributed by atoms with E-state index in [0.717, 1.165) is 11.1 Å². The quantitative estimate of drug-likeness (QED) is 0.857. The second kappa shape index (κ2) is 4.55. The van der Waals surface area contributed by atoms with Gasteiger partial charge in [0.25, 0.3) is 5.91 Å². The van der Waals surface area contributed by atoms with Crippen LogP contribution >= 0.6 is 11.6 Å². The fourth-order valence-electron chi connectivity index (χ4n) is 2.25. The zero-order valence-corrected chi connectivity index (χ0v) is 10.8. The van der Waals surface area contributed by atoms with Crippen molar-refractivity contribution in [2.45, 2.75) is 13.1 Å². The van der Waals surface area contributed by atoms with E-state index in [1.54, 1.807) is 23.2 Å². The van der Waals surface area contributed by atoms with E-state index in [1.165, 1.54) is 6.07 Å². The topological polar surface area (TPSA) is 53.4 Å². The van der Waals surface area contributed by atoms with Crippen LogP contribution in [0.25, 0.3) is 0 Å². The number of amides is 1. The Morgan fingerprint density at radius 3 is 2.84 bits per heavy atom. The van der Waals surface area contributed by atoms with E-state index in [9.17, 15) is 9.90 Å². The Hall–Kier alpha value is -2.07. The first-order chi connectivity index (χ1) is 9.15. The maximum absolute atomic E-state index is 12.2. The van der Waals surface area contributed by atoms with Gasteiger partial charge in [-0.25, -0.2) is 4.98 Å². The Kier molecular flexibility index (Phi) is 2.87. The lowest BCUT2D eigenvalue weighted by molar-refractivity contribution is 0.0764. The summed E-state index contributed by atoms with van der Waals surface area (Å²) in [4.78, 5) is 17.9. The summed E-state index contributed by atoms with van der Waals surface area (Å²) in [6.07, 6.45) is 1.65. The summed E-state index contributed by atoms with van der Waals surface area (Å²) in [5, 5.41) is 10.2. The molecule has 3 rings (SSSR count). The first-order valence-electron chi connectivity index (χ1n) is 5.86. The molecule has 0 radical (unpaired) electrons. The van der Waals surface area contributed by atoms with Crippen molar-refractivity contribution in [2.75, 3.05) is 0 Å². The van der Waals surface area contributed by atoms with Gasteiger partial charge in [0, 0.05) is 19.3 Å². The summed E-state index contributed by atoms with van der Waals surface area (Å²) in [6, 6.07) is 8.67. The van der Waals surface area contributed by atoms with Gasteiger partial charge in [0.2, 0.25) is 0 Å². The third-order valence-corrected chi connectivity index (χ3v) is 3.38. The number of aromatic hydroxyl groups is 1. The Labute approximate surface area is 115 Å². The number of rotatable bonds is 2. The van der Waals surface area contributed by atoms with Gasteiger partial charge in [0.05, 0.1) is 5.56 Å². The lowest BCUT2D eigenvalue weighted by Gasteiger charge is -2.15. The van der Waals surface area contributed by atoms with Crippen molar-refractivity contribution >= 4 is 17.5 Å². The molecule has 0 atom stereocenters. The molecule has 4 nitrogen and oxygen atoms in total. The number of carbonyl (C=O) groups excluding carboxylic acids is 1. The van der Waals surface area contributed by atoms with Crippen LogP contribution in [0.1, 0.15) is 21.5 Å². The van der Waals surface area contributed by atoms with E-state index in [-0.39, 0.29) is 11.7 Å². The molecule has 1 aromatic carbocycles. The molecule has 1 aliphatic rings. The molecule has 1 aliphatic heterocycles. The Balaban J connectivity index is 1.84. The Morgan fingerprint density at radius 1 is 1.32 bits per heavy atom. The summed E-state index contributed by atoms with van der Waals surface area (Å²) in [5.41, 5.74) is 2.17. The van der Waals surface area contributed by atoms with Crippen molar-refractivity contribution in [3.8, 4) is 5.75 Å². The monoisotopic (exact) mass is 274 g/mol. The molecule has 2 heterocycles. The van der Waals surface area contributed by atoms with Gasteiger partial charge in [-0.3, -0.25) is 4.79 Å². The predicted octanol–water partition coefficient (Wildman–Crippen LogP) is 2.60. The summed E-state index contributed by atoms with van der Waals surface area (Å²) in [6.45, 7) is 0.961. The molecule has 0 unspecified atom stereocenters. The lowest BCUT2D eigenvalue weighted by Crippen LogP contribution is -2.23. The number of aromatic nitrogens is 1. The van der Waals surface area contributed by atoms with Gasteiger partial charge < -0.3 is 10.0 Å². The highest BCUT2D eigenvalue weighted by Crippen LogP contribution is 2.30. The second-order valence-corrected chi connectivity index (χ2v) is 4.85. The highest BCUT2D eigenvalue weighted by molar-refractivity contribution is 6.29. The fraction of sp³-hybridized carbons (Fsp3) is 0.143. The van der Waals surface area contributed by atoms with E-state index in [1.807, 2.05) is 12.1 Å². The summed E-state index contributed by atoms with van der Waals surface area (Å²) in [7, 11) is 0. The van der Waals surface area contributed by atoms with Crippen molar-refractivity contribution in [1.29, 1.82) is 0 Å². The number of halogens is 1. The average molecular weight is 275 g/mol. The van der Waals surface area contributed by atoms with Crippen LogP contribution < -0.4 is 0 Å². The first kappa shape index (κ1) is 12.0. The maximum Gasteiger partial charge on any atom is 0.258 e. The second-order valence-electron chi connectivity index (χ2n) is 4.46. The molecule has 2 aromatic rings. The van der Waals surface area contributed by atoms with Gasteiger partial charge >= 0.3 is 0 Å². The first-order valence-corrected chi connectivity index (χ1v) is 6.23.